The number of carbonyl (C=O) groups is 2. The number of thiazole rings is 1. The maximum atomic E-state index is 14.1. The minimum absolute atomic E-state index is 0.00391. The van der Waals surface area contributed by atoms with Crippen LogP contribution in [0.15, 0.2) is 71.1 Å². The van der Waals surface area contributed by atoms with Gasteiger partial charge in [-0.05, 0) is 61.9 Å². The summed E-state index contributed by atoms with van der Waals surface area (Å²) >= 11 is 1.12. The van der Waals surface area contributed by atoms with Crippen molar-refractivity contribution in [1.82, 2.24) is 4.98 Å². The second-order valence-electron chi connectivity index (χ2n) is 9.21. The highest BCUT2D eigenvalue weighted by Crippen LogP contribution is 2.61. The van der Waals surface area contributed by atoms with E-state index in [4.69, 9.17) is 9.05 Å². The number of aromatic hydroxyl groups is 2. The number of phenolic OH excluding ortho intramolecular Hbond substituents is 2. The molecule has 1 aliphatic rings. The first-order chi connectivity index (χ1) is 20.5. The van der Waals surface area contributed by atoms with Crippen LogP contribution in [0, 0.1) is 0 Å². The molecule has 0 bridgehead atoms. The monoisotopic (exact) mass is 643 g/mol. The predicted molar refractivity (Wildman–Crippen MR) is 160 cm³/mol. The van der Waals surface area contributed by atoms with Crippen LogP contribution in [0.5, 0.6) is 11.5 Å². The third kappa shape index (κ3) is 5.79. The number of phenols is 2. The third-order valence-corrected chi connectivity index (χ3v) is 11.0. The van der Waals surface area contributed by atoms with Crippen molar-refractivity contribution in [3.05, 3.63) is 94.0 Å². The van der Waals surface area contributed by atoms with Gasteiger partial charge in [0.1, 0.15) is 11.5 Å². The lowest BCUT2D eigenvalue weighted by Gasteiger charge is -2.29. The van der Waals surface area contributed by atoms with E-state index >= 15 is 0 Å². The topological polar surface area (TPSA) is 181 Å². The van der Waals surface area contributed by atoms with E-state index in [1.165, 1.54) is 60.8 Å². The molecular formula is C28H26N3O9PS2. The molecule has 0 saturated heterocycles. The van der Waals surface area contributed by atoms with Gasteiger partial charge in [-0.25, -0.2) is 13.4 Å². The van der Waals surface area contributed by atoms with Crippen LogP contribution in [0.25, 0.3) is 0 Å². The van der Waals surface area contributed by atoms with E-state index in [0.717, 1.165) is 11.3 Å². The molecule has 0 aliphatic heterocycles. The first kappa shape index (κ1) is 30.4. The van der Waals surface area contributed by atoms with Gasteiger partial charge in [0.05, 0.1) is 29.2 Å². The lowest BCUT2D eigenvalue weighted by Crippen LogP contribution is -2.23. The zero-order valence-electron chi connectivity index (χ0n) is 22.8. The molecular weight excluding hydrogens is 617 g/mol. The SMILES string of the molecule is CCOP(=O)(OCC)C(Nc1ccc(S(=O)(=O)Nc2nccs2)cc1)c1cc(O)c2c(c1)C(=O)c1cccc(O)c1C2=O. The van der Waals surface area contributed by atoms with Crippen molar-refractivity contribution < 1.29 is 41.8 Å². The van der Waals surface area contributed by atoms with E-state index < -0.39 is 46.5 Å². The van der Waals surface area contributed by atoms with Crippen molar-refractivity contribution in [2.24, 2.45) is 0 Å². The molecule has 0 saturated carbocycles. The quantitative estimate of drug-likeness (QED) is 0.133. The Morgan fingerprint density at radius 3 is 2.23 bits per heavy atom. The summed E-state index contributed by atoms with van der Waals surface area (Å²) < 4.78 is 53.2. The van der Waals surface area contributed by atoms with Gasteiger partial charge in [0, 0.05) is 28.4 Å². The van der Waals surface area contributed by atoms with Crippen molar-refractivity contribution in [2.45, 2.75) is 24.5 Å². The fourth-order valence-corrected chi connectivity index (χ4v) is 8.39. The molecule has 3 aromatic carbocycles. The smallest absolute Gasteiger partial charge is 0.357 e. The van der Waals surface area contributed by atoms with E-state index in [1.807, 2.05) is 0 Å². The molecule has 4 N–H and O–H groups in total. The van der Waals surface area contributed by atoms with Gasteiger partial charge < -0.3 is 24.6 Å². The van der Waals surface area contributed by atoms with Crippen LogP contribution < -0.4 is 10.0 Å². The Morgan fingerprint density at radius 1 is 0.930 bits per heavy atom. The lowest BCUT2D eigenvalue weighted by molar-refractivity contribution is 0.0974. The summed E-state index contributed by atoms with van der Waals surface area (Å²) in [6, 6.07) is 12.1. The van der Waals surface area contributed by atoms with Crippen molar-refractivity contribution >= 4 is 51.3 Å². The average Bonchev–Trinajstić information content (AvgIpc) is 3.47. The van der Waals surface area contributed by atoms with Crippen LogP contribution >= 0.6 is 18.9 Å². The van der Waals surface area contributed by atoms with Gasteiger partial charge in [0.15, 0.2) is 16.7 Å². The Labute approximate surface area is 250 Å². The molecule has 1 unspecified atom stereocenters. The highest BCUT2D eigenvalue weighted by molar-refractivity contribution is 7.93. The van der Waals surface area contributed by atoms with E-state index in [-0.39, 0.29) is 51.1 Å². The number of ketones is 2. The molecule has 224 valence electrons. The molecule has 1 aliphatic carbocycles. The first-order valence-corrected chi connectivity index (χ1v) is 16.9. The fourth-order valence-electron chi connectivity index (χ4n) is 4.69. The highest BCUT2D eigenvalue weighted by atomic mass is 32.2. The molecule has 0 fully saturated rings. The van der Waals surface area contributed by atoms with Crippen LogP contribution in [-0.4, -0.2) is 48.4 Å². The number of hydrogen-bond acceptors (Lipinski definition) is 12. The number of sulfonamides is 1. The maximum absolute atomic E-state index is 14.1. The molecule has 15 heteroatoms. The van der Waals surface area contributed by atoms with Crippen molar-refractivity contribution in [3.8, 4) is 11.5 Å². The van der Waals surface area contributed by atoms with E-state index in [9.17, 15) is 32.8 Å². The molecule has 1 heterocycles. The lowest BCUT2D eigenvalue weighted by atomic mass is 9.82. The maximum Gasteiger partial charge on any atom is 0.357 e. The van der Waals surface area contributed by atoms with E-state index in [2.05, 4.69) is 15.0 Å². The molecule has 12 nitrogen and oxygen atoms in total. The number of anilines is 2. The Morgan fingerprint density at radius 2 is 1.60 bits per heavy atom. The Bertz CT molecular complexity index is 1850. The number of rotatable bonds is 11. The van der Waals surface area contributed by atoms with Gasteiger partial charge >= 0.3 is 7.60 Å². The number of nitrogens with zero attached hydrogens (tertiary/aromatic N) is 1. The van der Waals surface area contributed by atoms with Gasteiger partial charge in [-0.3, -0.25) is 18.9 Å². The molecule has 0 spiro atoms. The second-order valence-corrected chi connectivity index (χ2v) is 13.9. The summed E-state index contributed by atoms with van der Waals surface area (Å²) in [5.41, 5.74) is -0.294. The molecule has 0 radical (unpaired) electrons. The van der Waals surface area contributed by atoms with Gasteiger partial charge in [0.2, 0.25) is 5.78 Å². The number of hydrogen-bond donors (Lipinski definition) is 4. The van der Waals surface area contributed by atoms with E-state index in [0.29, 0.717) is 5.69 Å². The van der Waals surface area contributed by atoms with E-state index in [1.54, 1.807) is 19.2 Å². The minimum atomic E-state index is -4.06. The van der Waals surface area contributed by atoms with Gasteiger partial charge in [0.25, 0.3) is 10.0 Å². The van der Waals surface area contributed by atoms with Crippen LogP contribution in [0.1, 0.15) is 57.0 Å². The zero-order chi connectivity index (χ0) is 30.9. The molecule has 1 aromatic heterocycles. The van der Waals surface area contributed by atoms with Crippen molar-refractivity contribution in [2.75, 3.05) is 23.3 Å². The summed E-state index contributed by atoms with van der Waals surface area (Å²) in [6.07, 6.45) is 1.47. The predicted octanol–water partition coefficient (Wildman–Crippen LogP) is 5.51. The van der Waals surface area contributed by atoms with Crippen LogP contribution in [0.2, 0.25) is 0 Å². The highest BCUT2D eigenvalue weighted by Gasteiger charge is 2.40. The zero-order valence-corrected chi connectivity index (χ0v) is 25.3. The summed E-state index contributed by atoms with van der Waals surface area (Å²) in [6.45, 7) is 3.23. The standard InChI is InChI=1S/C28H26N3O9PS2/c1-3-39-41(36,40-4-2)27(30-17-8-10-18(11-9-17)43(37,38)31-28-29-12-13-42-28)16-14-20-24(22(33)15-16)26(35)23-19(25(20)34)6-5-7-21(23)32/h5-15,27,30,32-33H,3-4H2,1-2H3,(H,29,31). The summed E-state index contributed by atoms with van der Waals surface area (Å²) in [5.74, 6) is -3.62. The number of carbonyl (C=O) groups excluding carboxylic acids is 2. The molecule has 5 rings (SSSR count). The largest absolute Gasteiger partial charge is 0.507 e. The third-order valence-electron chi connectivity index (χ3n) is 6.50. The van der Waals surface area contributed by atoms with Gasteiger partial charge in [-0.15, -0.1) is 11.3 Å². The van der Waals surface area contributed by atoms with Crippen molar-refractivity contribution in [1.29, 1.82) is 0 Å². The average molecular weight is 644 g/mol. The minimum Gasteiger partial charge on any atom is -0.507 e. The number of fused-ring (bicyclic) bond motifs is 2. The van der Waals surface area contributed by atoms with Crippen LogP contribution in [0.3, 0.4) is 0 Å². The normalized spacial score (nSPS) is 13.7. The van der Waals surface area contributed by atoms with Crippen LogP contribution in [0.4, 0.5) is 10.8 Å². The Hall–Kier alpha value is -4.07. The summed E-state index contributed by atoms with van der Waals surface area (Å²) in [5, 5.41) is 26.1. The Balaban J connectivity index is 1.56. The number of aromatic nitrogens is 1. The second kappa shape index (κ2) is 11.9. The number of nitrogens with one attached hydrogen (secondary N) is 2. The molecule has 43 heavy (non-hydrogen) atoms. The fraction of sp³-hybridized carbons (Fsp3) is 0.179. The van der Waals surface area contributed by atoms with Gasteiger partial charge in [-0.2, -0.15) is 0 Å². The molecule has 0 amide bonds. The summed E-state index contributed by atoms with van der Waals surface area (Å²) in [4.78, 5) is 30.5. The molecule has 4 aromatic rings. The van der Waals surface area contributed by atoms with Crippen molar-refractivity contribution in [3.63, 3.8) is 0 Å². The Kier molecular flexibility index (Phi) is 8.41. The van der Waals surface area contributed by atoms with Crippen LogP contribution in [-0.2, 0) is 23.6 Å². The first-order valence-electron chi connectivity index (χ1n) is 12.9. The number of benzene rings is 3. The molecule has 1 atom stereocenters. The van der Waals surface area contributed by atoms with Gasteiger partial charge in [-0.1, -0.05) is 12.1 Å². The summed E-state index contributed by atoms with van der Waals surface area (Å²) in [7, 11) is -8.00.